The molecule has 23 heavy (non-hydrogen) atoms. The van der Waals surface area contributed by atoms with Gasteiger partial charge in [-0.05, 0) is 24.1 Å². The summed E-state index contributed by atoms with van der Waals surface area (Å²) in [5.74, 6) is -0.512. The molecule has 2 aliphatic rings. The zero-order valence-corrected chi connectivity index (χ0v) is 12.5. The van der Waals surface area contributed by atoms with Crippen molar-refractivity contribution in [3.8, 4) is 0 Å². The van der Waals surface area contributed by atoms with Crippen LogP contribution in [0.5, 0.6) is 0 Å². The van der Waals surface area contributed by atoms with Gasteiger partial charge in [-0.15, -0.1) is 5.10 Å². The molecule has 2 heterocycles. The van der Waals surface area contributed by atoms with Crippen molar-refractivity contribution in [3.63, 3.8) is 0 Å². The number of aromatic nitrogens is 3. The van der Waals surface area contributed by atoms with Crippen LogP contribution in [0.3, 0.4) is 0 Å². The molecular formula is C14H12F3N3O2S. The van der Waals surface area contributed by atoms with E-state index in [0.29, 0.717) is 5.56 Å². The Kier molecular flexibility index (Phi) is 3.06. The Bertz CT molecular complexity index is 866. The third-order valence-electron chi connectivity index (χ3n) is 4.21. The molecule has 0 radical (unpaired) electrons. The van der Waals surface area contributed by atoms with Crippen molar-refractivity contribution < 1.29 is 21.6 Å². The van der Waals surface area contributed by atoms with Gasteiger partial charge in [0.05, 0.1) is 6.04 Å². The second-order valence-electron chi connectivity index (χ2n) is 5.80. The van der Waals surface area contributed by atoms with Gasteiger partial charge >= 0.3 is 0 Å². The summed E-state index contributed by atoms with van der Waals surface area (Å²) in [4.78, 5) is 3.78. The Morgan fingerprint density at radius 1 is 1.13 bits per heavy atom. The maximum Gasteiger partial charge on any atom is 0.267 e. The first-order chi connectivity index (χ1) is 10.9. The molecule has 1 aliphatic heterocycles. The predicted octanol–water partition coefficient (Wildman–Crippen LogP) is 2.31. The molecule has 4 atom stereocenters. The largest absolute Gasteiger partial charge is 0.267 e. The highest BCUT2D eigenvalue weighted by atomic mass is 32.2. The molecule has 4 rings (SSSR count). The van der Waals surface area contributed by atoms with Gasteiger partial charge in [0.2, 0.25) is 9.84 Å². The van der Waals surface area contributed by atoms with Gasteiger partial charge in [0.25, 0.3) is 5.16 Å². The van der Waals surface area contributed by atoms with E-state index in [1.165, 1.54) is 28.9 Å². The number of hydrogen-bond acceptors (Lipinski definition) is 4. The lowest BCUT2D eigenvalue weighted by atomic mass is 10.0. The normalized spacial score (nSPS) is 29.5. The van der Waals surface area contributed by atoms with Gasteiger partial charge < -0.3 is 0 Å². The van der Waals surface area contributed by atoms with Crippen molar-refractivity contribution >= 4 is 9.84 Å². The fourth-order valence-electron chi connectivity index (χ4n) is 2.84. The second kappa shape index (κ2) is 4.80. The molecule has 1 aliphatic carbocycles. The molecule has 0 bridgehead atoms. The van der Waals surface area contributed by atoms with E-state index < -0.39 is 44.4 Å². The van der Waals surface area contributed by atoms with E-state index >= 15 is 0 Å². The maximum atomic E-state index is 14.2. The smallest absolute Gasteiger partial charge is 0.246 e. The van der Waals surface area contributed by atoms with Crippen molar-refractivity contribution in [3.05, 3.63) is 41.5 Å². The summed E-state index contributed by atoms with van der Waals surface area (Å²) in [7, 11) is -3.97. The molecule has 0 spiro atoms. The first-order valence-corrected chi connectivity index (χ1v) is 8.66. The zero-order valence-electron chi connectivity index (χ0n) is 11.7. The number of alkyl halides is 2. The molecule has 0 saturated heterocycles. The van der Waals surface area contributed by atoms with Crippen LogP contribution in [-0.4, -0.2) is 34.6 Å². The van der Waals surface area contributed by atoms with Crippen molar-refractivity contribution in [1.82, 2.24) is 14.8 Å². The van der Waals surface area contributed by atoms with Crippen molar-refractivity contribution in [2.45, 2.75) is 41.6 Å². The van der Waals surface area contributed by atoms with Gasteiger partial charge in [-0.1, -0.05) is 12.1 Å². The molecule has 1 saturated carbocycles. The monoisotopic (exact) mass is 343 g/mol. The van der Waals surface area contributed by atoms with Gasteiger partial charge in [-0.25, -0.2) is 26.3 Å². The van der Waals surface area contributed by atoms with Crippen LogP contribution in [0.25, 0.3) is 0 Å². The van der Waals surface area contributed by atoms with E-state index in [1.54, 1.807) is 0 Å². The summed E-state index contributed by atoms with van der Waals surface area (Å²) < 4.78 is 65.8. The Balaban J connectivity index is 1.74. The average molecular weight is 343 g/mol. The molecule has 1 fully saturated rings. The fraction of sp³-hybridized carbons (Fsp3) is 0.429. The molecule has 9 heteroatoms. The number of hydrogen-bond donors (Lipinski definition) is 0. The minimum atomic E-state index is -3.97. The second-order valence-corrected chi connectivity index (χ2v) is 7.86. The van der Waals surface area contributed by atoms with Gasteiger partial charge in [-0.3, -0.25) is 0 Å². The van der Waals surface area contributed by atoms with Crippen LogP contribution in [0.1, 0.15) is 36.4 Å². The summed E-state index contributed by atoms with van der Waals surface area (Å²) in [5, 5.41) is 2.24. The molecule has 0 amide bonds. The molecule has 0 unspecified atom stereocenters. The van der Waals surface area contributed by atoms with Crippen LogP contribution >= 0.6 is 0 Å². The molecule has 1 aromatic heterocycles. The predicted molar refractivity (Wildman–Crippen MR) is 73.5 cm³/mol. The van der Waals surface area contributed by atoms with Gasteiger partial charge in [0, 0.05) is 6.42 Å². The molecular weight excluding hydrogens is 331 g/mol. The minimum absolute atomic E-state index is 0.0520. The van der Waals surface area contributed by atoms with Crippen LogP contribution in [0.4, 0.5) is 13.2 Å². The quantitative estimate of drug-likeness (QED) is 0.858. The lowest BCUT2D eigenvalue weighted by Gasteiger charge is -2.11. The van der Waals surface area contributed by atoms with Crippen LogP contribution in [0, 0.1) is 5.82 Å². The number of fused-ring (bicyclic) bond motifs is 1. The Morgan fingerprint density at radius 2 is 1.78 bits per heavy atom. The van der Waals surface area contributed by atoms with Crippen LogP contribution in [0.15, 0.2) is 29.4 Å². The van der Waals surface area contributed by atoms with Gasteiger partial charge in [0.15, 0.2) is 12.0 Å². The van der Waals surface area contributed by atoms with E-state index in [0.717, 1.165) is 0 Å². The number of nitrogens with zero attached hydrogens (tertiary/aromatic N) is 3. The molecule has 2 aromatic rings. The SMILES string of the molecule is O=S(=O)(c1nc2n(n1)[C@H](c1ccc(F)cc1)C[C@@H]2F)[C@@H]1C[C@H]1F. The summed E-state index contributed by atoms with van der Waals surface area (Å²) in [6.07, 6.45) is -2.90. The number of benzene rings is 1. The Hall–Kier alpha value is -1.90. The van der Waals surface area contributed by atoms with E-state index in [9.17, 15) is 21.6 Å². The first-order valence-electron chi connectivity index (χ1n) is 7.12. The lowest BCUT2D eigenvalue weighted by Crippen LogP contribution is -2.14. The topological polar surface area (TPSA) is 64.8 Å². The van der Waals surface area contributed by atoms with Crippen LogP contribution in [0.2, 0.25) is 0 Å². The van der Waals surface area contributed by atoms with Crippen LogP contribution in [-0.2, 0) is 9.84 Å². The van der Waals surface area contributed by atoms with E-state index in [-0.39, 0.29) is 18.7 Å². The molecule has 5 nitrogen and oxygen atoms in total. The van der Waals surface area contributed by atoms with Gasteiger partial charge in [0.1, 0.15) is 17.2 Å². The summed E-state index contributed by atoms with van der Waals surface area (Å²) in [6.45, 7) is 0. The summed E-state index contributed by atoms with van der Waals surface area (Å²) in [5.41, 5.74) is 0.608. The highest BCUT2D eigenvalue weighted by molar-refractivity contribution is 7.92. The number of rotatable bonds is 3. The van der Waals surface area contributed by atoms with E-state index in [4.69, 9.17) is 0 Å². The Labute approximate surface area is 130 Å². The maximum absolute atomic E-state index is 14.2. The first kappa shape index (κ1) is 14.7. The van der Waals surface area contributed by atoms with Crippen molar-refractivity contribution in [2.75, 3.05) is 0 Å². The minimum Gasteiger partial charge on any atom is -0.246 e. The van der Waals surface area contributed by atoms with E-state index in [1.807, 2.05) is 0 Å². The van der Waals surface area contributed by atoms with Crippen LogP contribution < -0.4 is 0 Å². The highest BCUT2D eigenvalue weighted by Gasteiger charge is 2.51. The average Bonchev–Trinajstić information content (AvgIpc) is 2.96. The summed E-state index contributed by atoms with van der Waals surface area (Å²) >= 11 is 0. The summed E-state index contributed by atoms with van der Waals surface area (Å²) in [6, 6.07) is 4.92. The zero-order chi connectivity index (χ0) is 16.4. The number of halogens is 3. The Morgan fingerprint density at radius 3 is 2.39 bits per heavy atom. The van der Waals surface area contributed by atoms with E-state index in [2.05, 4.69) is 10.1 Å². The standard InChI is InChI=1S/C14H12F3N3O2S/c15-8-3-1-7(2-4-8)11-5-10(17)13-18-14(19-20(11)13)23(21,22)12-6-9(12)16/h1-4,9-12H,5-6H2/t9-,10+,11+,12-/m1/s1. The van der Waals surface area contributed by atoms with Crippen molar-refractivity contribution in [1.29, 1.82) is 0 Å². The lowest BCUT2D eigenvalue weighted by molar-refractivity contribution is 0.326. The third kappa shape index (κ3) is 2.25. The fourth-order valence-corrected chi connectivity index (χ4v) is 4.36. The molecule has 122 valence electrons. The van der Waals surface area contributed by atoms with Crippen molar-refractivity contribution in [2.24, 2.45) is 0 Å². The molecule has 0 N–H and O–H groups in total. The third-order valence-corrected chi connectivity index (χ3v) is 6.18. The molecule has 1 aromatic carbocycles. The number of sulfone groups is 1. The van der Waals surface area contributed by atoms with Gasteiger partial charge in [-0.2, -0.15) is 4.98 Å². The highest BCUT2D eigenvalue weighted by Crippen LogP contribution is 2.41.